The number of carbonyl (C=O) groups is 1. The van der Waals surface area contributed by atoms with E-state index in [1.54, 1.807) is 4.90 Å². The van der Waals surface area contributed by atoms with E-state index in [0.29, 0.717) is 18.7 Å². The molecule has 0 radical (unpaired) electrons. The van der Waals surface area contributed by atoms with Crippen molar-refractivity contribution in [2.45, 2.75) is 32.6 Å². The lowest BCUT2D eigenvalue weighted by atomic mass is 9.77. The number of hydrogen-bond acceptors (Lipinski definition) is 4. The van der Waals surface area contributed by atoms with Gasteiger partial charge >= 0.3 is 0 Å². The van der Waals surface area contributed by atoms with Crippen LogP contribution in [-0.4, -0.2) is 53.6 Å². The first-order valence-corrected chi connectivity index (χ1v) is 7.77. The topological polar surface area (TPSA) is 62.7 Å². The van der Waals surface area contributed by atoms with E-state index < -0.39 is 13.0 Å². The number of ether oxygens (including phenoxy) is 1. The Morgan fingerprint density at radius 2 is 2.13 bits per heavy atom. The van der Waals surface area contributed by atoms with Crippen molar-refractivity contribution in [3.05, 3.63) is 23.9 Å². The second-order valence-corrected chi connectivity index (χ2v) is 5.89. The molecular weight excluding hydrogens is 306 g/mol. The fourth-order valence-electron chi connectivity index (χ4n) is 2.73. The smallest absolute Gasteiger partial charge is 0.272 e. The molecule has 1 fully saturated rings. The number of amides is 1. The van der Waals surface area contributed by atoms with Crippen LogP contribution in [0.5, 0.6) is 5.88 Å². The third kappa shape index (κ3) is 4.37. The largest absolute Gasteiger partial charge is 0.472 e. The highest BCUT2D eigenvalue weighted by Gasteiger charge is 2.34. The minimum Gasteiger partial charge on any atom is -0.472 e. The molecule has 1 saturated heterocycles. The van der Waals surface area contributed by atoms with Crippen LogP contribution in [0.1, 0.15) is 36.5 Å². The number of halogens is 2. The summed E-state index contributed by atoms with van der Waals surface area (Å²) in [4.78, 5) is 18.0. The number of alkyl halides is 2. The lowest BCUT2D eigenvalue weighted by Crippen LogP contribution is -2.44. The Labute approximate surface area is 134 Å². The van der Waals surface area contributed by atoms with Gasteiger partial charge in [-0.3, -0.25) is 4.79 Å². The van der Waals surface area contributed by atoms with Gasteiger partial charge < -0.3 is 14.7 Å². The molecule has 1 amide bonds. The van der Waals surface area contributed by atoms with Crippen molar-refractivity contribution in [1.82, 2.24) is 9.88 Å². The number of hydrogen-bond donors (Lipinski definition) is 1. The van der Waals surface area contributed by atoms with Gasteiger partial charge in [0.1, 0.15) is 0 Å². The van der Waals surface area contributed by atoms with Crippen LogP contribution >= 0.6 is 0 Å². The predicted molar refractivity (Wildman–Crippen MR) is 80.7 cm³/mol. The molecule has 1 aliphatic rings. The van der Waals surface area contributed by atoms with E-state index in [-0.39, 0.29) is 23.8 Å². The maximum atomic E-state index is 12.4. The number of likely N-dealkylation sites (tertiary alicyclic amines) is 1. The molecule has 0 bridgehead atoms. The van der Waals surface area contributed by atoms with Gasteiger partial charge in [0.25, 0.3) is 12.3 Å². The number of carbonyl (C=O) groups excluding carboxylic acids is 1. The van der Waals surface area contributed by atoms with Gasteiger partial charge in [-0.05, 0) is 30.7 Å². The molecule has 2 rings (SSSR count). The first-order chi connectivity index (χ1) is 11.0. The van der Waals surface area contributed by atoms with Gasteiger partial charge in [-0.1, -0.05) is 6.92 Å². The Balaban J connectivity index is 1.93. The quantitative estimate of drug-likeness (QED) is 0.871. The third-order valence-electron chi connectivity index (χ3n) is 4.54. The molecule has 0 aromatic carbocycles. The van der Waals surface area contributed by atoms with Gasteiger partial charge in [0.05, 0.1) is 5.56 Å². The van der Waals surface area contributed by atoms with Crippen LogP contribution in [0.25, 0.3) is 0 Å². The molecule has 1 aromatic rings. The molecule has 1 N–H and O–H groups in total. The molecule has 128 valence electrons. The Morgan fingerprint density at radius 1 is 1.43 bits per heavy atom. The molecule has 2 heterocycles. The monoisotopic (exact) mass is 328 g/mol. The van der Waals surface area contributed by atoms with Gasteiger partial charge in [0.15, 0.2) is 6.61 Å². The highest BCUT2D eigenvalue weighted by atomic mass is 19.3. The first kappa shape index (κ1) is 17.6. The Kier molecular flexibility index (Phi) is 5.87. The number of pyridine rings is 1. The van der Waals surface area contributed by atoms with E-state index in [0.717, 1.165) is 19.3 Å². The van der Waals surface area contributed by atoms with E-state index >= 15 is 0 Å². The van der Waals surface area contributed by atoms with Crippen molar-refractivity contribution in [3.8, 4) is 5.88 Å². The van der Waals surface area contributed by atoms with Crippen molar-refractivity contribution in [3.63, 3.8) is 0 Å². The molecule has 5 nitrogen and oxygen atoms in total. The minimum absolute atomic E-state index is 0.0748. The van der Waals surface area contributed by atoms with Gasteiger partial charge in [0.2, 0.25) is 5.88 Å². The SMILES string of the molecule is CCC1(CO)CCN(C(=O)c2ccc(OCC(F)F)nc2)CC1. The lowest BCUT2D eigenvalue weighted by molar-refractivity contribution is 0.0337. The molecule has 0 spiro atoms. The normalized spacial score (nSPS) is 17.3. The highest BCUT2D eigenvalue weighted by molar-refractivity contribution is 5.94. The van der Waals surface area contributed by atoms with Gasteiger partial charge in [-0.2, -0.15) is 0 Å². The van der Waals surface area contributed by atoms with E-state index in [9.17, 15) is 18.7 Å². The van der Waals surface area contributed by atoms with Crippen LogP contribution in [0, 0.1) is 5.41 Å². The summed E-state index contributed by atoms with van der Waals surface area (Å²) in [6, 6.07) is 2.95. The Hall–Kier alpha value is -1.76. The van der Waals surface area contributed by atoms with E-state index in [1.807, 2.05) is 0 Å². The average Bonchev–Trinajstić information content (AvgIpc) is 2.60. The third-order valence-corrected chi connectivity index (χ3v) is 4.54. The van der Waals surface area contributed by atoms with Crippen molar-refractivity contribution < 1.29 is 23.4 Å². The maximum Gasteiger partial charge on any atom is 0.272 e. The van der Waals surface area contributed by atoms with Crippen molar-refractivity contribution >= 4 is 5.91 Å². The summed E-state index contributed by atoms with van der Waals surface area (Å²) in [7, 11) is 0. The van der Waals surface area contributed by atoms with E-state index in [2.05, 4.69) is 11.9 Å². The number of aliphatic hydroxyl groups excluding tert-OH is 1. The summed E-state index contributed by atoms with van der Waals surface area (Å²) < 4.78 is 28.9. The molecule has 23 heavy (non-hydrogen) atoms. The predicted octanol–water partition coefficient (Wildman–Crippen LogP) is 2.35. The maximum absolute atomic E-state index is 12.4. The van der Waals surface area contributed by atoms with Crippen molar-refractivity contribution in [2.24, 2.45) is 5.41 Å². The second kappa shape index (κ2) is 7.68. The van der Waals surface area contributed by atoms with Crippen LogP contribution in [0.15, 0.2) is 18.3 Å². The van der Waals surface area contributed by atoms with E-state index in [1.165, 1.54) is 18.3 Å². The molecule has 1 aromatic heterocycles. The highest BCUT2D eigenvalue weighted by Crippen LogP contribution is 2.34. The molecule has 0 atom stereocenters. The van der Waals surface area contributed by atoms with Crippen molar-refractivity contribution in [1.29, 1.82) is 0 Å². The molecule has 0 unspecified atom stereocenters. The van der Waals surface area contributed by atoms with Crippen LogP contribution in [0.3, 0.4) is 0 Å². The average molecular weight is 328 g/mol. The van der Waals surface area contributed by atoms with Crippen LogP contribution in [0.2, 0.25) is 0 Å². The van der Waals surface area contributed by atoms with Gasteiger partial charge in [-0.25, -0.2) is 13.8 Å². The number of aromatic nitrogens is 1. The zero-order chi connectivity index (χ0) is 16.9. The standard InChI is InChI=1S/C16H22F2N2O3/c1-2-16(11-21)5-7-20(8-6-16)15(22)12-3-4-14(19-9-12)23-10-13(17)18/h3-4,9,13,21H,2,5-8,10-11H2,1H3. The van der Waals surface area contributed by atoms with E-state index in [4.69, 9.17) is 4.74 Å². The van der Waals surface area contributed by atoms with Gasteiger partial charge in [0, 0.05) is 32.0 Å². The Morgan fingerprint density at radius 3 is 2.61 bits per heavy atom. The molecular formula is C16H22F2N2O3. The number of piperidine rings is 1. The first-order valence-electron chi connectivity index (χ1n) is 7.77. The zero-order valence-corrected chi connectivity index (χ0v) is 13.2. The fourth-order valence-corrected chi connectivity index (χ4v) is 2.73. The summed E-state index contributed by atoms with van der Waals surface area (Å²) in [6.07, 6.45) is 1.22. The van der Waals surface area contributed by atoms with Crippen LogP contribution < -0.4 is 4.74 Å². The Bertz CT molecular complexity index is 509. The minimum atomic E-state index is -2.56. The van der Waals surface area contributed by atoms with Crippen LogP contribution in [-0.2, 0) is 0 Å². The molecule has 0 aliphatic carbocycles. The van der Waals surface area contributed by atoms with Crippen LogP contribution in [0.4, 0.5) is 8.78 Å². The lowest BCUT2D eigenvalue weighted by Gasteiger charge is -2.40. The molecule has 7 heteroatoms. The summed E-state index contributed by atoms with van der Waals surface area (Å²) in [5.74, 6) is -0.0636. The summed E-state index contributed by atoms with van der Waals surface area (Å²) >= 11 is 0. The number of nitrogens with zero attached hydrogens (tertiary/aromatic N) is 2. The molecule has 1 aliphatic heterocycles. The van der Waals surface area contributed by atoms with Gasteiger partial charge in [-0.15, -0.1) is 0 Å². The summed E-state index contributed by atoms with van der Waals surface area (Å²) in [5.41, 5.74) is 0.324. The molecule has 0 saturated carbocycles. The fraction of sp³-hybridized carbons (Fsp3) is 0.625. The summed E-state index contributed by atoms with van der Waals surface area (Å²) in [6.45, 7) is 2.67. The number of aliphatic hydroxyl groups is 1. The second-order valence-electron chi connectivity index (χ2n) is 5.89. The summed E-state index contributed by atoms with van der Waals surface area (Å²) in [5, 5.41) is 9.52. The number of rotatable bonds is 6. The zero-order valence-electron chi connectivity index (χ0n) is 13.2. The van der Waals surface area contributed by atoms with Crippen molar-refractivity contribution in [2.75, 3.05) is 26.3 Å².